The van der Waals surface area contributed by atoms with E-state index in [0.717, 1.165) is 11.8 Å². The van der Waals surface area contributed by atoms with Gasteiger partial charge in [0.25, 0.3) is 0 Å². The molecule has 0 heterocycles. The maximum Gasteiger partial charge on any atom is 0.0664 e. The minimum absolute atomic E-state index is 0.0130. The van der Waals surface area contributed by atoms with Crippen molar-refractivity contribution >= 4 is 0 Å². The summed E-state index contributed by atoms with van der Waals surface area (Å²) >= 11 is 0. The van der Waals surface area contributed by atoms with E-state index >= 15 is 0 Å². The molecule has 0 aliphatic carbocycles. The van der Waals surface area contributed by atoms with Crippen molar-refractivity contribution in [2.24, 2.45) is 23.7 Å². The Bertz CT molecular complexity index is 279. The van der Waals surface area contributed by atoms with Gasteiger partial charge in [0.2, 0.25) is 0 Å². The summed E-state index contributed by atoms with van der Waals surface area (Å²) in [6.45, 7) is 23.4. The number of rotatable bonds is 12. The monoisotopic (exact) mass is 326 g/mol. The molecule has 0 radical (unpaired) electrons. The molecule has 0 aliphatic heterocycles. The third-order valence-electron chi connectivity index (χ3n) is 5.83. The molecule has 0 aromatic rings. The quantitative estimate of drug-likeness (QED) is 0.361. The SMILES string of the molecule is CCCC(C)(CC(C)C(C)C)OC(C)(CCC)CC(C)C(C)C. The van der Waals surface area contributed by atoms with E-state index in [4.69, 9.17) is 4.74 Å². The van der Waals surface area contributed by atoms with Crippen molar-refractivity contribution in [3.63, 3.8) is 0 Å². The van der Waals surface area contributed by atoms with Gasteiger partial charge in [-0.2, -0.15) is 0 Å². The molecule has 0 aromatic carbocycles. The molecule has 0 saturated heterocycles. The summed E-state index contributed by atoms with van der Waals surface area (Å²) in [6, 6.07) is 0. The maximum absolute atomic E-state index is 6.95. The predicted molar refractivity (Wildman–Crippen MR) is 105 cm³/mol. The molecular formula is C22H46O. The summed E-state index contributed by atoms with van der Waals surface area (Å²) in [5.74, 6) is 2.86. The van der Waals surface area contributed by atoms with Crippen LogP contribution in [0.5, 0.6) is 0 Å². The zero-order chi connectivity index (χ0) is 18.3. The van der Waals surface area contributed by atoms with Crippen LogP contribution in [0.25, 0.3) is 0 Å². The van der Waals surface area contributed by atoms with Crippen molar-refractivity contribution < 1.29 is 4.74 Å². The Balaban J connectivity index is 5.20. The fourth-order valence-corrected chi connectivity index (χ4v) is 3.88. The maximum atomic E-state index is 6.95. The zero-order valence-electron chi connectivity index (χ0n) is 18.0. The smallest absolute Gasteiger partial charge is 0.0664 e. The van der Waals surface area contributed by atoms with Crippen LogP contribution in [0.15, 0.2) is 0 Å². The lowest BCUT2D eigenvalue weighted by atomic mass is 9.80. The van der Waals surface area contributed by atoms with Gasteiger partial charge in [0, 0.05) is 0 Å². The fraction of sp³-hybridized carbons (Fsp3) is 1.00. The molecule has 4 unspecified atom stereocenters. The van der Waals surface area contributed by atoms with Crippen LogP contribution in [0.3, 0.4) is 0 Å². The first-order chi connectivity index (χ1) is 10.5. The minimum atomic E-state index is 0.0130. The third-order valence-corrected chi connectivity index (χ3v) is 5.83. The van der Waals surface area contributed by atoms with Crippen molar-refractivity contribution in [1.82, 2.24) is 0 Å². The summed E-state index contributed by atoms with van der Waals surface area (Å²) < 4.78 is 6.95. The van der Waals surface area contributed by atoms with E-state index in [1.54, 1.807) is 0 Å². The van der Waals surface area contributed by atoms with Crippen molar-refractivity contribution in [1.29, 1.82) is 0 Å². The lowest BCUT2D eigenvalue weighted by molar-refractivity contribution is -0.166. The highest BCUT2D eigenvalue weighted by Crippen LogP contribution is 2.38. The second-order valence-corrected chi connectivity index (χ2v) is 9.35. The van der Waals surface area contributed by atoms with Crippen molar-refractivity contribution in [3.8, 4) is 0 Å². The fourth-order valence-electron chi connectivity index (χ4n) is 3.88. The molecule has 0 N–H and O–H groups in total. The van der Waals surface area contributed by atoms with Crippen LogP contribution in [0.4, 0.5) is 0 Å². The largest absolute Gasteiger partial charge is 0.369 e. The van der Waals surface area contributed by atoms with Crippen molar-refractivity contribution in [2.75, 3.05) is 0 Å². The molecule has 0 fully saturated rings. The highest BCUT2D eigenvalue weighted by atomic mass is 16.5. The van der Waals surface area contributed by atoms with Gasteiger partial charge in [-0.1, -0.05) is 68.2 Å². The number of hydrogen-bond acceptors (Lipinski definition) is 1. The Hall–Kier alpha value is -0.0400. The molecule has 0 spiro atoms. The van der Waals surface area contributed by atoms with Crippen molar-refractivity contribution in [2.45, 2.75) is 119 Å². The van der Waals surface area contributed by atoms with E-state index in [1.807, 2.05) is 0 Å². The van der Waals surface area contributed by atoms with Crippen LogP contribution in [0.1, 0.15) is 108 Å². The molecule has 0 aliphatic rings. The molecule has 140 valence electrons. The highest BCUT2D eigenvalue weighted by Gasteiger charge is 2.37. The van der Waals surface area contributed by atoms with Crippen LogP contribution >= 0.6 is 0 Å². The summed E-state index contributed by atoms with van der Waals surface area (Å²) in [5.41, 5.74) is 0.0259. The van der Waals surface area contributed by atoms with Gasteiger partial charge in [-0.25, -0.2) is 0 Å². The Morgan fingerprint density at radius 1 is 0.652 bits per heavy atom. The van der Waals surface area contributed by atoms with Crippen LogP contribution in [0, 0.1) is 23.7 Å². The second kappa shape index (κ2) is 10.1. The molecule has 0 saturated carbocycles. The zero-order valence-corrected chi connectivity index (χ0v) is 18.0. The second-order valence-electron chi connectivity index (χ2n) is 9.35. The first kappa shape index (κ1) is 23.0. The van der Waals surface area contributed by atoms with Gasteiger partial charge in [0.05, 0.1) is 11.2 Å². The summed E-state index contributed by atoms with van der Waals surface area (Å²) in [4.78, 5) is 0. The molecule has 0 bridgehead atoms. The molecule has 0 amide bonds. The molecule has 0 aromatic heterocycles. The first-order valence-electron chi connectivity index (χ1n) is 10.2. The van der Waals surface area contributed by atoms with E-state index in [-0.39, 0.29) is 11.2 Å². The first-order valence-corrected chi connectivity index (χ1v) is 10.2. The number of hydrogen-bond donors (Lipinski definition) is 0. The van der Waals surface area contributed by atoms with Gasteiger partial charge in [0.1, 0.15) is 0 Å². The average Bonchev–Trinajstić information content (AvgIpc) is 2.37. The summed E-state index contributed by atoms with van der Waals surface area (Å²) in [6.07, 6.45) is 7.08. The van der Waals surface area contributed by atoms with E-state index < -0.39 is 0 Å². The predicted octanol–water partition coefficient (Wildman–Crippen LogP) is 7.49. The van der Waals surface area contributed by atoms with Crippen LogP contribution in [-0.2, 0) is 4.74 Å². The van der Waals surface area contributed by atoms with Crippen molar-refractivity contribution in [3.05, 3.63) is 0 Å². The lowest BCUT2D eigenvalue weighted by Gasteiger charge is -2.44. The summed E-state index contributed by atoms with van der Waals surface area (Å²) in [5, 5.41) is 0. The minimum Gasteiger partial charge on any atom is -0.369 e. The van der Waals surface area contributed by atoms with Crippen LogP contribution in [0.2, 0.25) is 0 Å². The third kappa shape index (κ3) is 8.57. The van der Waals surface area contributed by atoms with Gasteiger partial charge < -0.3 is 4.74 Å². The Labute approximate surface area is 148 Å². The van der Waals surface area contributed by atoms with Gasteiger partial charge in [-0.15, -0.1) is 0 Å². The summed E-state index contributed by atoms with van der Waals surface area (Å²) in [7, 11) is 0. The van der Waals surface area contributed by atoms with Gasteiger partial charge in [-0.05, 0) is 63.2 Å². The lowest BCUT2D eigenvalue weighted by Crippen LogP contribution is -2.44. The Kier molecular flexibility index (Phi) is 10.0. The molecule has 1 nitrogen and oxygen atoms in total. The van der Waals surface area contributed by atoms with Crippen LogP contribution < -0.4 is 0 Å². The Morgan fingerprint density at radius 3 is 1.17 bits per heavy atom. The van der Waals surface area contributed by atoms with Gasteiger partial charge in [0.15, 0.2) is 0 Å². The van der Waals surface area contributed by atoms with Gasteiger partial charge in [-0.3, -0.25) is 0 Å². The normalized spacial score (nSPS) is 20.3. The topological polar surface area (TPSA) is 9.23 Å². The van der Waals surface area contributed by atoms with E-state index in [2.05, 4.69) is 69.2 Å². The highest BCUT2D eigenvalue weighted by molar-refractivity contribution is 4.87. The standard InChI is InChI=1S/C22H46O/c1-11-13-21(9,15-19(7)17(3)4)23-22(10,14-12-2)16-20(8)18(5)6/h17-20H,11-16H2,1-10H3. The molecular weight excluding hydrogens is 280 g/mol. The molecule has 23 heavy (non-hydrogen) atoms. The van der Waals surface area contributed by atoms with Crippen LogP contribution in [-0.4, -0.2) is 11.2 Å². The molecule has 1 heteroatoms. The molecule has 4 atom stereocenters. The van der Waals surface area contributed by atoms with Gasteiger partial charge >= 0.3 is 0 Å². The molecule has 0 rings (SSSR count). The Morgan fingerprint density at radius 2 is 0.957 bits per heavy atom. The number of ether oxygens (including phenoxy) is 1. The van der Waals surface area contributed by atoms with E-state index in [1.165, 1.54) is 38.5 Å². The average molecular weight is 327 g/mol. The van der Waals surface area contributed by atoms with E-state index in [9.17, 15) is 0 Å². The van der Waals surface area contributed by atoms with E-state index in [0.29, 0.717) is 11.8 Å².